The van der Waals surface area contributed by atoms with Crippen LogP contribution in [0.25, 0.3) is 22.3 Å². The number of nitrogens with zero attached hydrogens (tertiary/aromatic N) is 1. The lowest BCUT2D eigenvalue weighted by Crippen LogP contribution is -2.36. The van der Waals surface area contributed by atoms with E-state index < -0.39 is 22.7 Å². The first-order valence-corrected chi connectivity index (χ1v) is 8.48. The Morgan fingerprint density at radius 2 is 1.57 bits per heavy atom. The minimum absolute atomic E-state index is 0.107. The molecule has 146 valence electrons. The summed E-state index contributed by atoms with van der Waals surface area (Å²) in [6, 6.07) is 4.67. The summed E-state index contributed by atoms with van der Waals surface area (Å²) in [5, 5.41) is 49.9. The molecule has 0 saturated carbocycles. The molecule has 1 aliphatic rings. The van der Waals surface area contributed by atoms with Crippen LogP contribution in [0.3, 0.4) is 0 Å². The molecule has 1 fully saturated rings. The lowest BCUT2D eigenvalue weighted by molar-refractivity contribution is 0.122. The van der Waals surface area contributed by atoms with Crippen molar-refractivity contribution < 1.29 is 34.7 Å². The lowest BCUT2D eigenvalue weighted by atomic mass is 10.1. The predicted molar refractivity (Wildman–Crippen MR) is 99.3 cm³/mol. The second-order valence-corrected chi connectivity index (χ2v) is 6.38. The number of morpholine rings is 1. The third-order valence-corrected chi connectivity index (χ3v) is 4.64. The van der Waals surface area contributed by atoms with Crippen molar-refractivity contribution in [1.82, 2.24) is 0 Å². The van der Waals surface area contributed by atoms with E-state index in [0.717, 1.165) is 12.1 Å². The van der Waals surface area contributed by atoms with Gasteiger partial charge in [0.15, 0.2) is 22.8 Å². The fourth-order valence-corrected chi connectivity index (χ4v) is 3.26. The van der Waals surface area contributed by atoms with Gasteiger partial charge in [0.1, 0.15) is 22.6 Å². The van der Waals surface area contributed by atoms with Crippen LogP contribution in [0, 0.1) is 0 Å². The Balaban J connectivity index is 2.04. The van der Waals surface area contributed by atoms with E-state index in [2.05, 4.69) is 0 Å². The monoisotopic (exact) mass is 387 g/mol. The van der Waals surface area contributed by atoms with Crippen LogP contribution >= 0.6 is 0 Å². The van der Waals surface area contributed by atoms with E-state index in [-0.39, 0.29) is 39.5 Å². The maximum atomic E-state index is 12.7. The number of aromatic hydroxyl groups is 5. The number of ether oxygens (including phenoxy) is 1. The van der Waals surface area contributed by atoms with Crippen LogP contribution in [0.2, 0.25) is 0 Å². The fraction of sp³-hybridized carbons (Fsp3) is 0.211. The highest BCUT2D eigenvalue weighted by atomic mass is 16.5. The van der Waals surface area contributed by atoms with Gasteiger partial charge in [-0.25, -0.2) is 0 Å². The maximum absolute atomic E-state index is 12.7. The fourth-order valence-electron chi connectivity index (χ4n) is 3.26. The molecule has 4 rings (SSSR count). The lowest BCUT2D eigenvalue weighted by Gasteiger charge is -2.29. The first-order valence-electron chi connectivity index (χ1n) is 8.48. The molecule has 2 aromatic carbocycles. The molecule has 5 N–H and O–H groups in total. The van der Waals surface area contributed by atoms with E-state index in [1.165, 1.54) is 12.1 Å². The number of rotatable bonds is 2. The molecule has 0 spiro atoms. The number of phenols is 4. The molecule has 0 radical (unpaired) electrons. The molecule has 0 aliphatic carbocycles. The Labute approximate surface area is 157 Å². The average Bonchev–Trinajstić information content (AvgIpc) is 2.67. The predicted octanol–water partition coefficient (Wildman–Crippen LogP) is 1.82. The van der Waals surface area contributed by atoms with Gasteiger partial charge in [-0.3, -0.25) is 4.79 Å². The highest BCUT2D eigenvalue weighted by Crippen LogP contribution is 2.43. The summed E-state index contributed by atoms with van der Waals surface area (Å²) in [6.07, 6.45) is 0. The topological polar surface area (TPSA) is 144 Å². The number of hydrogen-bond acceptors (Lipinski definition) is 9. The summed E-state index contributed by atoms with van der Waals surface area (Å²) in [6.45, 7) is 1.66. The molecule has 9 heteroatoms. The van der Waals surface area contributed by atoms with E-state index in [9.17, 15) is 30.3 Å². The minimum atomic E-state index is -0.893. The van der Waals surface area contributed by atoms with E-state index in [0.29, 0.717) is 26.3 Å². The maximum Gasteiger partial charge on any atom is 0.238 e. The molecule has 1 saturated heterocycles. The highest BCUT2D eigenvalue weighted by Gasteiger charge is 2.26. The standard InChI is InChI=1S/C19H17NO8/c21-10-2-1-9(7-11(10)22)18-17(26)16(25)14-12(23)8-13(24)15(19(14)28-18)20-3-5-27-6-4-20/h1-2,7-8,21-24,26H,3-6H2. The van der Waals surface area contributed by atoms with Crippen molar-refractivity contribution in [3.05, 3.63) is 34.5 Å². The van der Waals surface area contributed by atoms with Crippen molar-refractivity contribution >= 4 is 16.7 Å². The number of phenolic OH excluding ortho intramolecular Hbond substituents is 4. The third kappa shape index (κ3) is 2.72. The molecule has 1 aromatic heterocycles. The van der Waals surface area contributed by atoms with E-state index in [4.69, 9.17) is 9.15 Å². The largest absolute Gasteiger partial charge is 0.507 e. The summed E-state index contributed by atoms with van der Waals surface area (Å²) in [5.41, 5.74) is -0.680. The molecule has 0 bridgehead atoms. The van der Waals surface area contributed by atoms with Gasteiger partial charge in [0, 0.05) is 24.7 Å². The molecule has 28 heavy (non-hydrogen) atoms. The number of benzene rings is 2. The van der Waals surface area contributed by atoms with E-state index in [1.54, 1.807) is 4.90 Å². The zero-order chi connectivity index (χ0) is 20.0. The summed E-state index contributed by atoms with van der Waals surface area (Å²) >= 11 is 0. The molecule has 3 aromatic rings. The Hall–Kier alpha value is -3.59. The molecule has 0 amide bonds. The van der Waals surface area contributed by atoms with Crippen LogP contribution in [0.15, 0.2) is 33.5 Å². The molecule has 9 nitrogen and oxygen atoms in total. The van der Waals surface area contributed by atoms with E-state index in [1.807, 2.05) is 0 Å². The highest BCUT2D eigenvalue weighted by molar-refractivity contribution is 5.98. The van der Waals surface area contributed by atoms with Gasteiger partial charge in [-0.15, -0.1) is 0 Å². The smallest absolute Gasteiger partial charge is 0.238 e. The first kappa shape index (κ1) is 17.8. The molecule has 1 aliphatic heterocycles. The first-order chi connectivity index (χ1) is 13.4. The summed E-state index contributed by atoms with van der Waals surface area (Å²) in [7, 11) is 0. The third-order valence-electron chi connectivity index (χ3n) is 4.64. The van der Waals surface area contributed by atoms with Crippen LogP contribution in [0.1, 0.15) is 0 Å². The number of hydrogen-bond donors (Lipinski definition) is 5. The van der Waals surface area contributed by atoms with Gasteiger partial charge >= 0.3 is 0 Å². The van der Waals surface area contributed by atoms with Crippen LogP contribution in [-0.4, -0.2) is 51.8 Å². The van der Waals surface area contributed by atoms with Gasteiger partial charge < -0.3 is 39.6 Å². The summed E-state index contributed by atoms with van der Waals surface area (Å²) in [5.74, 6) is -2.71. The van der Waals surface area contributed by atoms with Gasteiger partial charge in [-0.2, -0.15) is 0 Å². The summed E-state index contributed by atoms with van der Waals surface area (Å²) < 4.78 is 11.1. The van der Waals surface area contributed by atoms with Gasteiger partial charge in [0.25, 0.3) is 0 Å². The van der Waals surface area contributed by atoms with Gasteiger partial charge in [0.05, 0.1) is 13.2 Å². The zero-order valence-corrected chi connectivity index (χ0v) is 14.5. The Kier molecular flexibility index (Phi) is 4.16. The zero-order valence-electron chi connectivity index (χ0n) is 14.5. The molecule has 2 heterocycles. The summed E-state index contributed by atoms with van der Waals surface area (Å²) in [4.78, 5) is 14.5. The van der Waals surface area contributed by atoms with Crippen LogP contribution in [0.5, 0.6) is 28.7 Å². The van der Waals surface area contributed by atoms with E-state index >= 15 is 0 Å². The Morgan fingerprint density at radius 1 is 0.857 bits per heavy atom. The van der Waals surface area contributed by atoms with Crippen molar-refractivity contribution in [2.45, 2.75) is 0 Å². The van der Waals surface area contributed by atoms with Crippen molar-refractivity contribution in [3.63, 3.8) is 0 Å². The van der Waals surface area contributed by atoms with Crippen LogP contribution in [0.4, 0.5) is 5.69 Å². The second kappa shape index (κ2) is 6.54. The molecule has 0 atom stereocenters. The SMILES string of the molecule is O=c1c(O)c(-c2ccc(O)c(O)c2)oc2c(N3CCOCC3)c(O)cc(O)c12. The minimum Gasteiger partial charge on any atom is -0.507 e. The van der Waals surface area contributed by atoms with Crippen molar-refractivity contribution in [3.8, 4) is 40.1 Å². The normalized spacial score (nSPS) is 14.5. The van der Waals surface area contributed by atoms with Crippen LogP contribution in [-0.2, 0) is 4.74 Å². The number of fused-ring (bicyclic) bond motifs is 1. The molecular weight excluding hydrogens is 370 g/mol. The second-order valence-electron chi connectivity index (χ2n) is 6.38. The quantitative estimate of drug-likeness (QED) is 0.416. The average molecular weight is 387 g/mol. The molecular formula is C19H17NO8. The Morgan fingerprint density at radius 3 is 2.25 bits per heavy atom. The van der Waals surface area contributed by atoms with Gasteiger partial charge in [-0.05, 0) is 18.2 Å². The van der Waals surface area contributed by atoms with Crippen molar-refractivity contribution in [1.29, 1.82) is 0 Å². The van der Waals surface area contributed by atoms with Crippen LogP contribution < -0.4 is 10.3 Å². The van der Waals surface area contributed by atoms with Gasteiger partial charge in [-0.1, -0.05) is 0 Å². The van der Waals surface area contributed by atoms with Crippen molar-refractivity contribution in [2.75, 3.05) is 31.2 Å². The Bertz CT molecular complexity index is 1130. The number of anilines is 1. The molecule has 0 unspecified atom stereocenters. The van der Waals surface area contributed by atoms with Gasteiger partial charge in [0.2, 0.25) is 11.2 Å². The van der Waals surface area contributed by atoms with Crippen molar-refractivity contribution in [2.24, 2.45) is 0 Å².